The van der Waals surface area contributed by atoms with Crippen molar-refractivity contribution < 1.29 is 8.60 Å². The van der Waals surface area contributed by atoms with Crippen molar-refractivity contribution in [3.8, 4) is 6.07 Å². The third-order valence-corrected chi connectivity index (χ3v) is 4.27. The van der Waals surface area contributed by atoms with E-state index in [9.17, 15) is 8.60 Å². The van der Waals surface area contributed by atoms with Crippen LogP contribution in [0, 0.1) is 17.1 Å². The number of rotatable bonds is 4. The Morgan fingerprint density at radius 1 is 1.15 bits per heavy atom. The maximum Gasteiger partial charge on any atom is 0.127 e. The summed E-state index contributed by atoms with van der Waals surface area (Å²) in [7, 11) is -1.24. The Labute approximate surface area is 124 Å². The van der Waals surface area contributed by atoms with Gasteiger partial charge in [0.15, 0.2) is 0 Å². The highest BCUT2D eigenvalue weighted by Crippen LogP contribution is 2.16. The van der Waals surface area contributed by atoms with Gasteiger partial charge in [-0.1, -0.05) is 23.7 Å². The van der Waals surface area contributed by atoms with E-state index in [2.05, 4.69) is 0 Å². The van der Waals surface area contributed by atoms with Gasteiger partial charge in [0.2, 0.25) is 0 Å². The summed E-state index contributed by atoms with van der Waals surface area (Å²) in [4.78, 5) is 0. The number of benzene rings is 2. The number of hydrogen-bond donors (Lipinski definition) is 0. The second-order valence-electron chi connectivity index (χ2n) is 4.27. The van der Waals surface area contributed by atoms with E-state index in [0.717, 1.165) is 5.56 Å². The fraction of sp³-hybridized carbons (Fsp3) is 0.133. The molecule has 1 atom stereocenters. The number of halogens is 2. The molecule has 0 radical (unpaired) electrons. The molecule has 2 nitrogen and oxygen atoms in total. The van der Waals surface area contributed by atoms with Crippen LogP contribution in [0.1, 0.15) is 16.7 Å². The standard InChI is InChI=1S/C15H11ClFNOS/c16-14-4-1-11(2-5-14)9-20(19)10-13-7-12(8-18)3-6-15(13)17/h1-7H,9-10H2. The van der Waals surface area contributed by atoms with Crippen LogP contribution in [-0.4, -0.2) is 4.21 Å². The molecular formula is C15H11ClFNOS. The Morgan fingerprint density at radius 3 is 2.50 bits per heavy atom. The first-order valence-electron chi connectivity index (χ1n) is 5.86. The fourth-order valence-corrected chi connectivity index (χ4v) is 3.11. The van der Waals surface area contributed by atoms with Crippen molar-refractivity contribution in [2.24, 2.45) is 0 Å². The molecule has 2 rings (SSSR count). The van der Waals surface area contributed by atoms with Gasteiger partial charge in [0.25, 0.3) is 0 Å². The molecule has 0 amide bonds. The molecule has 1 unspecified atom stereocenters. The lowest BCUT2D eigenvalue weighted by Crippen LogP contribution is -2.02. The summed E-state index contributed by atoms with van der Waals surface area (Å²) < 4.78 is 25.6. The predicted molar refractivity (Wildman–Crippen MR) is 78.1 cm³/mol. The van der Waals surface area contributed by atoms with Gasteiger partial charge in [-0.3, -0.25) is 4.21 Å². The van der Waals surface area contributed by atoms with Gasteiger partial charge in [-0.05, 0) is 35.9 Å². The van der Waals surface area contributed by atoms with Crippen LogP contribution in [0.2, 0.25) is 5.02 Å². The third kappa shape index (κ3) is 3.89. The zero-order valence-electron chi connectivity index (χ0n) is 10.5. The van der Waals surface area contributed by atoms with Gasteiger partial charge < -0.3 is 0 Å². The molecule has 0 aliphatic carbocycles. The highest BCUT2D eigenvalue weighted by atomic mass is 35.5. The van der Waals surface area contributed by atoms with Gasteiger partial charge in [-0.25, -0.2) is 4.39 Å². The zero-order chi connectivity index (χ0) is 14.5. The molecule has 2 aromatic rings. The summed E-state index contributed by atoms with van der Waals surface area (Å²) in [6.45, 7) is 0. The first-order valence-corrected chi connectivity index (χ1v) is 7.73. The van der Waals surface area contributed by atoms with Gasteiger partial charge in [0.05, 0.1) is 17.4 Å². The third-order valence-electron chi connectivity index (χ3n) is 2.73. The minimum absolute atomic E-state index is 0.0873. The van der Waals surface area contributed by atoms with Gasteiger partial charge in [-0.15, -0.1) is 0 Å². The predicted octanol–water partition coefficient (Wildman–Crippen LogP) is 3.80. The Hall–Kier alpha value is -1.70. The topological polar surface area (TPSA) is 40.9 Å². The van der Waals surface area contributed by atoms with Gasteiger partial charge in [0.1, 0.15) is 5.82 Å². The minimum Gasteiger partial charge on any atom is -0.259 e. The molecule has 0 fully saturated rings. The number of hydrogen-bond acceptors (Lipinski definition) is 2. The largest absolute Gasteiger partial charge is 0.259 e. The van der Waals surface area contributed by atoms with Crippen LogP contribution in [0.25, 0.3) is 0 Å². The van der Waals surface area contributed by atoms with Crippen LogP contribution in [0.15, 0.2) is 42.5 Å². The highest BCUT2D eigenvalue weighted by Gasteiger charge is 2.09. The smallest absolute Gasteiger partial charge is 0.127 e. The summed E-state index contributed by atoms with van der Waals surface area (Å²) >= 11 is 5.78. The van der Waals surface area contributed by atoms with Gasteiger partial charge in [0, 0.05) is 27.1 Å². The van der Waals surface area contributed by atoms with Crippen LogP contribution in [0.4, 0.5) is 4.39 Å². The maximum atomic E-state index is 13.6. The summed E-state index contributed by atoms with van der Waals surface area (Å²) in [6, 6.07) is 13.1. The molecular weight excluding hydrogens is 297 g/mol. The van der Waals surface area contributed by atoms with Crippen molar-refractivity contribution in [2.45, 2.75) is 11.5 Å². The second-order valence-corrected chi connectivity index (χ2v) is 6.17. The van der Waals surface area contributed by atoms with E-state index in [-0.39, 0.29) is 5.75 Å². The summed E-state index contributed by atoms with van der Waals surface area (Å²) in [5.41, 5.74) is 1.55. The molecule has 0 spiro atoms. The van der Waals surface area contributed by atoms with Gasteiger partial charge >= 0.3 is 0 Å². The highest BCUT2D eigenvalue weighted by molar-refractivity contribution is 7.83. The van der Waals surface area contributed by atoms with Crippen molar-refractivity contribution in [3.05, 3.63) is 70.0 Å². The lowest BCUT2D eigenvalue weighted by molar-refractivity contribution is 0.615. The van der Waals surface area contributed by atoms with E-state index in [1.165, 1.54) is 18.2 Å². The van der Waals surface area contributed by atoms with E-state index in [0.29, 0.717) is 21.9 Å². The Morgan fingerprint density at radius 2 is 1.85 bits per heavy atom. The molecule has 0 saturated carbocycles. The Bertz CT molecular complexity index is 679. The van der Waals surface area contributed by atoms with Crippen LogP contribution < -0.4 is 0 Å². The van der Waals surface area contributed by atoms with E-state index in [1.54, 1.807) is 24.3 Å². The molecule has 0 heterocycles. The molecule has 20 heavy (non-hydrogen) atoms. The van der Waals surface area contributed by atoms with E-state index in [4.69, 9.17) is 16.9 Å². The quantitative estimate of drug-likeness (QED) is 0.862. The molecule has 0 aliphatic heterocycles. The number of nitriles is 1. The van der Waals surface area contributed by atoms with E-state index >= 15 is 0 Å². The van der Waals surface area contributed by atoms with Crippen molar-refractivity contribution in [3.63, 3.8) is 0 Å². The Kier molecular flexibility index (Phi) is 4.89. The normalized spacial score (nSPS) is 11.8. The van der Waals surface area contributed by atoms with Crippen molar-refractivity contribution in [1.29, 1.82) is 5.26 Å². The molecule has 102 valence electrons. The van der Waals surface area contributed by atoms with Gasteiger partial charge in [-0.2, -0.15) is 5.26 Å². The van der Waals surface area contributed by atoms with Crippen molar-refractivity contribution in [2.75, 3.05) is 0 Å². The summed E-state index contributed by atoms with van der Waals surface area (Å²) in [6.07, 6.45) is 0. The zero-order valence-corrected chi connectivity index (χ0v) is 12.0. The van der Waals surface area contributed by atoms with E-state index in [1.807, 2.05) is 6.07 Å². The Balaban J connectivity index is 2.08. The molecule has 0 saturated heterocycles. The monoisotopic (exact) mass is 307 g/mol. The minimum atomic E-state index is -1.24. The molecule has 0 N–H and O–H groups in total. The lowest BCUT2D eigenvalue weighted by Gasteiger charge is -2.05. The van der Waals surface area contributed by atoms with Crippen LogP contribution >= 0.6 is 11.6 Å². The summed E-state index contributed by atoms with van der Waals surface area (Å²) in [5.74, 6) is -0.0226. The molecule has 0 aromatic heterocycles. The lowest BCUT2D eigenvalue weighted by atomic mass is 10.1. The number of nitrogens with zero attached hydrogens (tertiary/aromatic N) is 1. The summed E-state index contributed by atoms with van der Waals surface area (Å²) in [5, 5.41) is 9.41. The first-order chi connectivity index (χ1) is 9.58. The molecule has 5 heteroatoms. The average molecular weight is 308 g/mol. The fourth-order valence-electron chi connectivity index (χ4n) is 1.75. The molecule has 0 aliphatic rings. The van der Waals surface area contributed by atoms with Crippen LogP contribution in [-0.2, 0) is 22.3 Å². The van der Waals surface area contributed by atoms with Crippen LogP contribution in [0.3, 0.4) is 0 Å². The maximum absolute atomic E-state index is 13.6. The van der Waals surface area contributed by atoms with E-state index < -0.39 is 16.6 Å². The van der Waals surface area contributed by atoms with Crippen molar-refractivity contribution >= 4 is 22.4 Å². The second kappa shape index (κ2) is 6.65. The van der Waals surface area contributed by atoms with Crippen molar-refractivity contribution in [1.82, 2.24) is 0 Å². The SMILES string of the molecule is N#Cc1ccc(F)c(CS(=O)Cc2ccc(Cl)cc2)c1. The molecule has 2 aromatic carbocycles. The van der Waals surface area contributed by atoms with Crippen LogP contribution in [0.5, 0.6) is 0 Å². The first kappa shape index (κ1) is 14.7. The molecule has 0 bridgehead atoms. The average Bonchev–Trinajstić information content (AvgIpc) is 2.44.